The van der Waals surface area contributed by atoms with Gasteiger partial charge in [0.2, 0.25) is 23.6 Å². The number of benzene rings is 2. The van der Waals surface area contributed by atoms with Crippen LogP contribution >= 0.6 is 0 Å². The van der Waals surface area contributed by atoms with E-state index in [9.17, 15) is 28.0 Å². The van der Waals surface area contributed by atoms with E-state index in [1.165, 1.54) is 36.4 Å². The number of amides is 4. The van der Waals surface area contributed by atoms with Crippen LogP contribution in [0.1, 0.15) is 24.0 Å². The van der Waals surface area contributed by atoms with E-state index in [2.05, 4.69) is 20.6 Å². The van der Waals surface area contributed by atoms with Gasteiger partial charge in [0, 0.05) is 86.3 Å². The first-order valence-corrected chi connectivity index (χ1v) is 18.1. The Labute approximate surface area is 312 Å². The minimum Gasteiger partial charge on any atom is -0.353 e. The van der Waals surface area contributed by atoms with Crippen molar-refractivity contribution in [3.8, 4) is 0 Å². The fourth-order valence-corrected chi connectivity index (χ4v) is 7.71. The van der Waals surface area contributed by atoms with E-state index >= 15 is 0 Å². The van der Waals surface area contributed by atoms with Crippen molar-refractivity contribution in [3.63, 3.8) is 0 Å². The number of nitrogens with zero attached hydrogens (tertiary/aromatic N) is 4. The highest BCUT2D eigenvalue weighted by molar-refractivity contribution is 6.01. The van der Waals surface area contributed by atoms with Crippen LogP contribution in [0, 0.1) is 47.1 Å². The van der Waals surface area contributed by atoms with Crippen molar-refractivity contribution in [2.45, 2.75) is 12.8 Å². The smallest absolute Gasteiger partial charge is 0.244 e. The van der Waals surface area contributed by atoms with E-state index in [1.54, 1.807) is 71.0 Å². The van der Waals surface area contributed by atoms with Gasteiger partial charge < -0.3 is 20.4 Å². The normalized spacial score (nSPS) is 23.5. The van der Waals surface area contributed by atoms with Crippen LogP contribution in [0.5, 0.6) is 0 Å². The van der Waals surface area contributed by atoms with Crippen molar-refractivity contribution in [2.75, 3.05) is 36.0 Å². The van der Waals surface area contributed by atoms with Crippen LogP contribution in [0.4, 0.5) is 20.2 Å². The molecule has 4 amide bonds. The Hall–Kier alpha value is -6.04. The topological polar surface area (TPSA) is 125 Å². The molecule has 2 saturated carbocycles. The number of carbonyl (C=O) groups is 4. The van der Waals surface area contributed by atoms with Gasteiger partial charge in [-0.1, -0.05) is 12.1 Å². The van der Waals surface area contributed by atoms with Crippen molar-refractivity contribution >= 4 is 47.2 Å². The molecule has 4 aliphatic rings. The summed E-state index contributed by atoms with van der Waals surface area (Å²) in [6, 6.07) is 19.4. The highest BCUT2D eigenvalue weighted by Gasteiger charge is 2.61. The highest BCUT2D eigenvalue weighted by Crippen LogP contribution is 2.55. The minimum atomic E-state index is -0.304. The van der Waals surface area contributed by atoms with Gasteiger partial charge in [0.1, 0.15) is 11.6 Å². The summed E-state index contributed by atoms with van der Waals surface area (Å²) >= 11 is 0. The van der Waals surface area contributed by atoms with Crippen molar-refractivity contribution in [1.29, 1.82) is 0 Å². The van der Waals surface area contributed by atoms with Crippen molar-refractivity contribution < 1.29 is 28.0 Å². The van der Waals surface area contributed by atoms with Crippen molar-refractivity contribution in [1.82, 2.24) is 20.6 Å². The molecule has 0 spiro atoms. The van der Waals surface area contributed by atoms with Crippen molar-refractivity contribution in [3.05, 3.63) is 132 Å². The highest BCUT2D eigenvalue weighted by atomic mass is 19.1. The Bertz CT molecular complexity index is 1880. The molecule has 8 rings (SSSR count). The molecule has 0 unspecified atom stereocenters. The molecule has 2 saturated heterocycles. The molecule has 10 nitrogen and oxygen atoms in total. The number of piperidine rings is 2. The predicted molar refractivity (Wildman–Crippen MR) is 200 cm³/mol. The summed E-state index contributed by atoms with van der Waals surface area (Å²) in [5, 5.41) is 5.73. The van der Waals surface area contributed by atoms with Gasteiger partial charge in [-0.15, -0.1) is 0 Å². The van der Waals surface area contributed by atoms with Gasteiger partial charge in [0.25, 0.3) is 0 Å². The summed E-state index contributed by atoms with van der Waals surface area (Å²) < 4.78 is 26.1. The molecular weight excluding hydrogens is 690 g/mol. The first-order chi connectivity index (χ1) is 26.3. The lowest BCUT2D eigenvalue weighted by Gasteiger charge is -2.20. The maximum Gasteiger partial charge on any atom is 0.244 e. The first kappa shape index (κ1) is 36.3. The quantitative estimate of drug-likeness (QED) is 0.191. The summed E-state index contributed by atoms with van der Waals surface area (Å²) in [7, 11) is 0. The van der Waals surface area contributed by atoms with Gasteiger partial charge in [-0.3, -0.25) is 29.1 Å². The van der Waals surface area contributed by atoms with E-state index in [0.717, 1.165) is 35.3 Å². The third kappa shape index (κ3) is 8.60. The molecule has 4 heterocycles. The molecule has 276 valence electrons. The third-order valence-electron chi connectivity index (χ3n) is 10.6. The number of fused-ring (bicyclic) bond motifs is 2. The van der Waals surface area contributed by atoms with Gasteiger partial charge >= 0.3 is 0 Å². The Kier molecular flexibility index (Phi) is 11.0. The zero-order valence-electron chi connectivity index (χ0n) is 29.4. The molecule has 2 N–H and O–H groups in total. The van der Waals surface area contributed by atoms with E-state index < -0.39 is 0 Å². The monoisotopic (exact) mass is 730 g/mol. The van der Waals surface area contributed by atoms with Crippen molar-refractivity contribution in [2.24, 2.45) is 35.5 Å². The fourth-order valence-electron chi connectivity index (χ4n) is 7.71. The van der Waals surface area contributed by atoms with Gasteiger partial charge in [-0.2, -0.15) is 0 Å². The molecule has 4 fully saturated rings. The third-order valence-corrected chi connectivity index (χ3v) is 10.6. The van der Waals surface area contributed by atoms with Crippen LogP contribution in [0.3, 0.4) is 0 Å². The van der Waals surface area contributed by atoms with Gasteiger partial charge in [0.05, 0.1) is 0 Å². The number of hydrogen-bond acceptors (Lipinski definition) is 6. The summed E-state index contributed by atoms with van der Waals surface area (Å²) in [5.41, 5.74) is 3.24. The predicted octanol–water partition coefficient (Wildman–Crippen LogP) is 5.30. The van der Waals surface area contributed by atoms with Crippen LogP contribution < -0.4 is 20.4 Å². The number of carbonyl (C=O) groups excluding carboxylic acids is 4. The molecule has 2 aliphatic heterocycles. The van der Waals surface area contributed by atoms with Crippen LogP contribution in [-0.4, -0.2) is 59.8 Å². The van der Waals surface area contributed by atoms with E-state index in [0.29, 0.717) is 49.9 Å². The zero-order valence-corrected chi connectivity index (χ0v) is 29.4. The first-order valence-electron chi connectivity index (χ1n) is 18.1. The summed E-state index contributed by atoms with van der Waals surface area (Å²) in [6.07, 6.45) is 14.8. The maximum atomic E-state index is 13.0. The molecule has 0 bridgehead atoms. The lowest BCUT2D eigenvalue weighted by atomic mass is 10.1. The average molecular weight is 731 g/mol. The SMILES string of the molecule is O=C(/C=C/c1cccnc1)NCC[C@@H]1[C@H]2CN(c3ccc(F)cc3)C(=O)[C@@H]12.O=C(/C=C/c1cccnc1)NCC[C@H]1[C@@H]2CN(c3ccc(F)cc3)C(=O)[C@H]12. The van der Waals surface area contributed by atoms with E-state index in [4.69, 9.17) is 0 Å². The van der Waals surface area contributed by atoms with E-state index in [1.807, 2.05) is 24.3 Å². The molecule has 2 aromatic carbocycles. The second-order valence-corrected chi connectivity index (χ2v) is 14.0. The van der Waals surface area contributed by atoms with Gasteiger partial charge in [0.15, 0.2) is 0 Å². The molecule has 4 aromatic rings. The second kappa shape index (κ2) is 16.3. The Morgan fingerprint density at radius 3 is 1.39 bits per heavy atom. The van der Waals surface area contributed by atoms with Gasteiger partial charge in [-0.25, -0.2) is 8.78 Å². The number of halogens is 2. The Morgan fingerprint density at radius 1 is 0.648 bits per heavy atom. The number of hydrogen-bond donors (Lipinski definition) is 2. The summed E-state index contributed by atoms with van der Waals surface area (Å²) in [4.78, 5) is 60.2. The number of rotatable bonds is 12. The fraction of sp³-hybridized carbons (Fsp3) is 0.286. The lowest BCUT2D eigenvalue weighted by Crippen LogP contribution is -2.30. The molecule has 0 radical (unpaired) electrons. The number of pyridine rings is 2. The molecule has 2 aromatic heterocycles. The maximum absolute atomic E-state index is 13.0. The molecule has 2 aliphatic carbocycles. The van der Waals surface area contributed by atoms with E-state index in [-0.39, 0.29) is 47.1 Å². The summed E-state index contributed by atoms with van der Waals surface area (Å²) in [6.45, 7) is 2.46. The summed E-state index contributed by atoms with van der Waals surface area (Å²) in [5.74, 6) is 0.732. The largest absolute Gasteiger partial charge is 0.353 e. The number of anilines is 2. The second-order valence-electron chi connectivity index (χ2n) is 14.0. The van der Waals surface area contributed by atoms with Crippen LogP contribution in [-0.2, 0) is 19.2 Å². The standard InChI is InChI=1S/2C21H20FN3O2/c2*22-15-4-6-16(7-5-15)25-13-18-17(20(18)21(25)27)9-11-24-19(26)8-3-14-2-1-10-23-12-14/h2*1-8,10,12,17-18,20H,9,11,13H2,(H,24,26)/b2*8-3+/t2*17-,18-,20+/m10/s1. The molecule has 6 atom stereocenters. The molecule has 54 heavy (non-hydrogen) atoms. The Morgan fingerprint density at radius 2 is 1.06 bits per heavy atom. The molecular formula is C42H40F2N6O4. The van der Waals surface area contributed by atoms with Crippen LogP contribution in [0.2, 0.25) is 0 Å². The minimum absolute atomic E-state index is 0.0397. The number of aromatic nitrogens is 2. The van der Waals surface area contributed by atoms with Gasteiger partial charge in [-0.05, 0) is 120 Å². The number of nitrogens with one attached hydrogen (secondary N) is 2. The lowest BCUT2D eigenvalue weighted by molar-refractivity contribution is -0.120. The van der Waals surface area contributed by atoms with Crippen LogP contribution in [0.15, 0.2) is 110 Å². The Balaban J connectivity index is 0.000000167. The zero-order chi connectivity index (χ0) is 37.6. The molecule has 12 heteroatoms. The van der Waals surface area contributed by atoms with Crippen LogP contribution in [0.25, 0.3) is 12.2 Å². The average Bonchev–Trinajstić information content (AvgIpc) is 3.99.